The lowest BCUT2D eigenvalue weighted by molar-refractivity contribution is -0.141. The van der Waals surface area contributed by atoms with Crippen LogP contribution in [-0.2, 0) is 17.2 Å². The summed E-state index contributed by atoms with van der Waals surface area (Å²) in [5.41, 5.74) is -1.23. The largest absolute Gasteiger partial charge is 0.434 e. The standard InChI is InChI=1S/C11H12ClF3N2OS/c1-10(2,3)19(18)16-6-7-4-5-8(12)9(17-7)11(13,14)15/h4-6H,1-3H3/b16-6+/t19-/m1/s1. The van der Waals surface area contributed by atoms with Crippen molar-refractivity contribution in [2.45, 2.75) is 31.7 Å². The third kappa shape index (κ3) is 4.58. The first kappa shape index (κ1) is 16.1. The molecule has 0 aliphatic carbocycles. The maximum atomic E-state index is 12.6. The molecule has 0 fully saturated rings. The fourth-order valence-electron chi connectivity index (χ4n) is 0.988. The van der Waals surface area contributed by atoms with E-state index in [1.165, 1.54) is 6.07 Å². The number of halogens is 4. The van der Waals surface area contributed by atoms with Gasteiger partial charge in [-0.25, -0.2) is 9.19 Å². The van der Waals surface area contributed by atoms with Crippen LogP contribution in [0.3, 0.4) is 0 Å². The van der Waals surface area contributed by atoms with Crippen molar-refractivity contribution in [1.82, 2.24) is 4.98 Å². The molecule has 0 aliphatic heterocycles. The smallest absolute Gasteiger partial charge is 0.241 e. The SMILES string of the molecule is CC(C)(C)[S@@](=O)/N=C/c1ccc(Cl)c(C(F)(F)F)n1. The molecule has 19 heavy (non-hydrogen) atoms. The molecule has 1 aromatic rings. The predicted octanol–water partition coefficient (Wildman–Crippen LogP) is 3.63. The molecular weight excluding hydrogens is 301 g/mol. The second-order valence-electron chi connectivity index (χ2n) is 4.66. The van der Waals surface area contributed by atoms with E-state index < -0.39 is 32.6 Å². The van der Waals surface area contributed by atoms with E-state index in [-0.39, 0.29) is 5.69 Å². The first-order valence-corrected chi connectivity index (χ1v) is 6.70. The highest BCUT2D eigenvalue weighted by molar-refractivity contribution is 7.85. The van der Waals surface area contributed by atoms with Crippen LogP contribution in [0.5, 0.6) is 0 Å². The third-order valence-electron chi connectivity index (χ3n) is 1.94. The highest BCUT2D eigenvalue weighted by atomic mass is 35.5. The Morgan fingerprint density at radius 3 is 2.37 bits per heavy atom. The second kappa shape index (κ2) is 5.58. The first-order valence-electron chi connectivity index (χ1n) is 5.21. The zero-order valence-corrected chi connectivity index (χ0v) is 12.0. The lowest BCUT2D eigenvalue weighted by Crippen LogP contribution is -2.19. The van der Waals surface area contributed by atoms with E-state index >= 15 is 0 Å². The minimum Gasteiger partial charge on any atom is -0.241 e. The van der Waals surface area contributed by atoms with Crippen LogP contribution in [0, 0.1) is 0 Å². The molecule has 106 valence electrons. The second-order valence-corrected chi connectivity index (χ2v) is 7.00. The molecule has 0 bridgehead atoms. The Labute approximate surface area is 116 Å². The molecule has 1 heterocycles. The van der Waals surface area contributed by atoms with Crippen molar-refractivity contribution in [2.75, 3.05) is 0 Å². The van der Waals surface area contributed by atoms with Gasteiger partial charge in [0.2, 0.25) is 0 Å². The summed E-state index contributed by atoms with van der Waals surface area (Å²) in [6.45, 7) is 5.12. The maximum Gasteiger partial charge on any atom is 0.434 e. The average molecular weight is 313 g/mol. The van der Waals surface area contributed by atoms with Gasteiger partial charge in [0.15, 0.2) is 5.69 Å². The van der Waals surface area contributed by atoms with E-state index in [2.05, 4.69) is 9.38 Å². The Morgan fingerprint density at radius 1 is 1.32 bits per heavy atom. The minimum atomic E-state index is -4.63. The van der Waals surface area contributed by atoms with Crippen molar-refractivity contribution in [3.63, 3.8) is 0 Å². The summed E-state index contributed by atoms with van der Waals surface area (Å²) in [7, 11) is -1.56. The molecule has 0 aliphatic rings. The minimum absolute atomic E-state index is 0.0469. The number of aromatic nitrogens is 1. The summed E-state index contributed by atoms with van der Waals surface area (Å²) >= 11 is 5.43. The monoisotopic (exact) mass is 312 g/mol. The van der Waals surface area contributed by atoms with Crippen LogP contribution in [0.25, 0.3) is 0 Å². The Balaban J connectivity index is 3.05. The normalized spacial score (nSPS) is 14.9. The summed E-state index contributed by atoms with van der Waals surface area (Å²) in [5.74, 6) is 0. The fraction of sp³-hybridized carbons (Fsp3) is 0.455. The van der Waals surface area contributed by atoms with Gasteiger partial charge in [0.05, 0.1) is 21.7 Å². The third-order valence-corrected chi connectivity index (χ3v) is 3.59. The predicted molar refractivity (Wildman–Crippen MR) is 69.7 cm³/mol. The summed E-state index contributed by atoms with van der Waals surface area (Å²) in [6, 6.07) is 2.36. The van der Waals surface area contributed by atoms with Gasteiger partial charge in [0.25, 0.3) is 0 Å². The number of pyridine rings is 1. The molecule has 0 aromatic carbocycles. The average Bonchev–Trinajstić information content (AvgIpc) is 2.24. The molecule has 8 heteroatoms. The molecule has 0 saturated heterocycles. The molecule has 0 N–H and O–H groups in total. The lowest BCUT2D eigenvalue weighted by Gasteiger charge is -2.12. The Morgan fingerprint density at radius 2 is 1.89 bits per heavy atom. The van der Waals surface area contributed by atoms with E-state index in [4.69, 9.17) is 11.6 Å². The van der Waals surface area contributed by atoms with Crippen LogP contribution in [0.2, 0.25) is 5.02 Å². The topological polar surface area (TPSA) is 42.3 Å². The Bertz CT molecular complexity index is 524. The maximum absolute atomic E-state index is 12.6. The molecule has 3 nitrogen and oxygen atoms in total. The number of hydrogen-bond donors (Lipinski definition) is 0. The van der Waals surface area contributed by atoms with Crippen molar-refractivity contribution in [3.05, 3.63) is 28.5 Å². The van der Waals surface area contributed by atoms with Gasteiger partial charge in [-0.15, -0.1) is 0 Å². The molecule has 1 aromatic heterocycles. The van der Waals surface area contributed by atoms with Crippen molar-refractivity contribution in [1.29, 1.82) is 0 Å². The quantitative estimate of drug-likeness (QED) is 0.782. The van der Waals surface area contributed by atoms with Crippen molar-refractivity contribution in [3.8, 4) is 0 Å². The molecular formula is C11H12ClF3N2OS. The lowest BCUT2D eigenvalue weighted by atomic mass is 10.3. The Kier molecular flexibility index (Phi) is 4.73. The fourth-order valence-corrected chi connectivity index (χ4v) is 1.72. The van der Waals surface area contributed by atoms with Gasteiger partial charge in [0.1, 0.15) is 11.0 Å². The van der Waals surface area contributed by atoms with Crippen LogP contribution >= 0.6 is 11.6 Å². The van der Waals surface area contributed by atoms with Crippen LogP contribution in [0.1, 0.15) is 32.2 Å². The molecule has 0 radical (unpaired) electrons. The van der Waals surface area contributed by atoms with Crippen molar-refractivity contribution in [2.24, 2.45) is 4.40 Å². The number of nitrogens with zero attached hydrogens (tertiary/aromatic N) is 2. The van der Waals surface area contributed by atoms with Crippen molar-refractivity contribution >= 4 is 28.8 Å². The zero-order valence-electron chi connectivity index (χ0n) is 10.5. The molecule has 0 saturated carbocycles. The van der Waals surface area contributed by atoms with Gasteiger partial charge in [-0.1, -0.05) is 11.6 Å². The van der Waals surface area contributed by atoms with Crippen molar-refractivity contribution < 1.29 is 17.4 Å². The molecule has 0 amide bonds. The Hall–Kier alpha value is -0.950. The summed E-state index contributed by atoms with van der Waals surface area (Å²) in [6.07, 6.45) is -3.59. The van der Waals surface area contributed by atoms with E-state index in [0.29, 0.717) is 0 Å². The zero-order chi connectivity index (χ0) is 14.8. The van der Waals surface area contributed by atoms with E-state index in [9.17, 15) is 17.4 Å². The summed E-state index contributed by atoms with van der Waals surface area (Å²) < 4.78 is 52.4. The van der Waals surface area contributed by atoms with E-state index in [1.54, 1.807) is 20.8 Å². The van der Waals surface area contributed by atoms with Gasteiger partial charge >= 0.3 is 6.18 Å². The van der Waals surface area contributed by atoms with E-state index in [0.717, 1.165) is 12.3 Å². The molecule has 1 atom stereocenters. The van der Waals surface area contributed by atoms with Crippen LogP contribution in [-0.4, -0.2) is 20.2 Å². The summed E-state index contributed by atoms with van der Waals surface area (Å²) in [4.78, 5) is 3.36. The van der Waals surface area contributed by atoms with Crippen LogP contribution < -0.4 is 0 Å². The molecule has 0 unspecified atom stereocenters. The van der Waals surface area contributed by atoms with E-state index in [1.807, 2.05) is 0 Å². The number of rotatable bonds is 2. The van der Waals surface area contributed by atoms with Gasteiger partial charge in [-0.3, -0.25) is 0 Å². The molecule has 0 spiro atoms. The summed E-state index contributed by atoms with van der Waals surface area (Å²) in [5, 5.41) is -0.485. The van der Waals surface area contributed by atoms with Crippen LogP contribution in [0.15, 0.2) is 16.5 Å². The van der Waals surface area contributed by atoms with Gasteiger partial charge < -0.3 is 0 Å². The number of alkyl halides is 3. The van der Waals surface area contributed by atoms with Crippen LogP contribution in [0.4, 0.5) is 13.2 Å². The van der Waals surface area contributed by atoms with Gasteiger partial charge in [0, 0.05) is 0 Å². The van der Waals surface area contributed by atoms with Gasteiger partial charge in [-0.2, -0.15) is 17.6 Å². The van der Waals surface area contributed by atoms with Gasteiger partial charge in [-0.05, 0) is 32.9 Å². The first-order chi connectivity index (χ1) is 8.51. The molecule has 1 rings (SSSR count). The highest BCUT2D eigenvalue weighted by Crippen LogP contribution is 2.32. The number of hydrogen-bond acceptors (Lipinski definition) is 2. The highest BCUT2D eigenvalue weighted by Gasteiger charge is 2.35.